The van der Waals surface area contributed by atoms with Gasteiger partial charge in [-0.2, -0.15) is 0 Å². The molecule has 0 aliphatic carbocycles. The average molecular weight is 516 g/mol. The third-order valence-electron chi connectivity index (χ3n) is 4.31. The standard InChI is InChI=1S/C17H14I2N2O/c18-14-7-6-11(10-15(14)19)17(22)13-5-2-1-4-12(13)16-20-8-3-9-21(16)17/h1-2,4-7,10,22H,3,8-9H2. The molecule has 2 aliphatic rings. The average Bonchev–Trinajstić information content (AvgIpc) is 2.82. The Morgan fingerprint density at radius 1 is 1.09 bits per heavy atom. The van der Waals surface area contributed by atoms with Gasteiger partial charge in [-0.3, -0.25) is 4.99 Å². The molecular weight excluding hydrogens is 502 g/mol. The molecule has 0 spiro atoms. The summed E-state index contributed by atoms with van der Waals surface area (Å²) < 4.78 is 2.35. The minimum absolute atomic E-state index is 0.826. The Morgan fingerprint density at radius 3 is 2.73 bits per heavy atom. The number of aliphatic hydroxyl groups is 1. The lowest BCUT2D eigenvalue weighted by molar-refractivity contribution is -0.0318. The topological polar surface area (TPSA) is 35.8 Å². The minimum atomic E-state index is -1.11. The van der Waals surface area contributed by atoms with Gasteiger partial charge in [-0.15, -0.1) is 0 Å². The summed E-state index contributed by atoms with van der Waals surface area (Å²) in [6, 6.07) is 14.2. The zero-order valence-electron chi connectivity index (χ0n) is 11.8. The van der Waals surface area contributed by atoms with Gasteiger partial charge in [-0.25, -0.2) is 0 Å². The largest absolute Gasteiger partial charge is 0.363 e. The van der Waals surface area contributed by atoms with Crippen molar-refractivity contribution in [2.24, 2.45) is 4.99 Å². The maximum atomic E-state index is 11.7. The summed E-state index contributed by atoms with van der Waals surface area (Å²) >= 11 is 4.64. The van der Waals surface area contributed by atoms with E-state index in [1.807, 2.05) is 24.3 Å². The summed E-state index contributed by atoms with van der Waals surface area (Å²) in [5.41, 5.74) is 1.79. The van der Waals surface area contributed by atoms with E-state index in [1.165, 1.54) is 3.57 Å². The van der Waals surface area contributed by atoms with Gasteiger partial charge in [0.15, 0.2) is 5.72 Å². The molecule has 1 N–H and O–H groups in total. The van der Waals surface area contributed by atoms with E-state index in [0.29, 0.717) is 0 Å². The van der Waals surface area contributed by atoms with Gasteiger partial charge in [-0.05, 0) is 63.7 Å². The smallest absolute Gasteiger partial charge is 0.193 e. The van der Waals surface area contributed by atoms with Crippen LogP contribution in [0.25, 0.3) is 0 Å². The highest BCUT2D eigenvalue weighted by atomic mass is 127. The van der Waals surface area contributed by atoms with E-state index >= 15 is 0 Å². The molecule has 2 aromatic carbocycles. The molecule has 112 valence electrons. The number of hydrogen-bond donors (Lipinski definition) is 1. The Bertz CT molecular complexity index is 790. The second kappa shape index (κ2) is 5.45. The first-order chi connectivity index (χ1) is 10.6. The van der Waals surface area contributed by atoms with Gasteiger partial charge in [0, 0.05) is 36.9 Å². The van der Waals surface area contributed by atoms with Crippen molar-refractivity contribution in [3.63, 3.8) is 0 Å². The van der Waals surface area contributed by atoms with Gasteiger partial charge in [0.25, 0.3) is 0 Å². The van der Waals surface area contributed by atoms with Gasteiger partial charge in [0.05, 0.1) is 0 Å². The molecule has 1 unspecified atom stereocenters. The number of amidine groups is 1. The maximum absolute atomic E-state index is 11.7. The predicted octanol–water partition coefficient (Wildman–Crippen LogP) is 3.56. The number of rotatable bonds is 1. The summed E-state index contributed by atoms with van der Waals surface area (Å²) in [5.74, 6) is 0.929. The Kier molecular flexibility index (Phi) is 3.69. The van der Waals surface area contributed by atoms with Crippen molar-refractivity contribution in [3.8, 4) is 0 Å². The number of aliphatic imine (C=N–C) groups is 1. The molecule has 0 aromatic heterocycles. The first kappa shape index (κ1) is 14.9. The molecule has 0 bridgehead atoms. The van der Waals surface area contributed by atoms with Crippen molar-refractivity contribution < 1.29 is 5.11 Å². The molecule has 2 heterocycles. The number of hydrogen-bond acceptors (Lipinski definition) is 3. The Balaban J connectivity index is 1.97. The minimum Gasteiger partial charge on any atom is -0.363 e. The third-order valence-corrected chi connectivity index (χ3v) is 7.18. The summed E-state index contributed by atoms with van der Waals surface area (Å²) in [6.45, 7) is 1.66. The predicted molar refractivity (Wildman–Crippen MR) is 104 cm³/mol. The van der Waals surface area contributed by atoms with Gasteiger partial charge in [0.2, 0.25) is 0 Å². The number of benzene rings is 2. The summed E-state index contributed by atoms with van der Waals surface area (Å²) in [6.07, 6.45) is 0.973. The van der Waals surface area contributed by atoms with Crippen LogP contribution in [-0.4, -0.2) is 28.9 Å². The first-order valence-corrected chi connectivity index (χ1v) is 9.38. The fraction of sp³-hybridized carbons (Fsp3) is 0.235. The lowest BCUT2D eigenvalue weighted by atomic mass is 9.94. The highest BCUT2D eigenvalue weighted by molar-refractivity contribution is 14.1. The molecule has 3 nitrogen and oxygen atoms in total. The molecule has 0 amide bonds. The van der Waals surface area contributed by atoms with Crippen LogP contribution in [0, 0.1) is 7.14 Å². The van der Waals surface area contributed by atoms with E-state index in [1.54, 1.807) is 0 Å². The fourth-order valence-electron chi connectivity index (χ4n) is 3.30. The number of nitrogens with zero attached hydrogens (tertiary/aromatic N) is 2. The Morgan fingerprint density at radius 2 is 1.91 bits per heavy atom. The van der Waals surface area contributed by atoms with E-state index in [0.717, 1.165) is 45.6 Å². The molecule has 0 radical (unpaired) electrons. The van der Waals surface area contributed by atoms with Gasteiger partial charge in [-0.1, -0.05) is 30.3 Å². The van der Waals surface area contributed by atoms with Gasteiger partial charge >= 0.3 is 0 Å². The van der Waals surface area contributed by atoms with Gasteiger partial charge in [0.1, 0.15) is 5.84 Å². The van der Waals surface area contributed by atoms with Crippen molar-refractivity contribution in [2.75, 3.05) is 13.1 Å². The SMILES string of the molecule is OC1(c2ccc(I)c(I)c2)c2ccccc2C2=NCCCN21. The summed E-state index contributed by atoms with van der Waals surface area (Å²) in [4.78, 5) is 6.73. The van der Waals surface area contributed by atoms with Crippen LogP contribution < -0.4 is 0 Å². The van der Waals surface area contributed by atoms with E-state index in [9.17, 15) is 5.11 Å². The quantitative estimate of drug-likeness (QED) is 0.590. The van der Waals surface area contributed by atoms with Crippen molar-refractivity contribution >= 4 is 51.0 Å². The molecule has 0 saturated carbocycles. The molecule has 1 atom stereocenters. The monoisotopic (exact) mass is 516 g/mol. The fourth-order valence-corrected chi connectivity index (χ4v) is 4.15. The molecule has 5 heteroatoms. The molecule has 0 fully saturated rings. The third kappa shape index (κ3) is 2.05. The van der Waals surface area contributed by atoms with Crippen molar-refractivity contribution in [2.45, 2.75) is 12.1 Å². The number of halogens is 2. The van der Waals surface area contributed by atoms with Gasteiger partial charge < -0.3 is 10.0 Å². The Labute approximate surface area is 156 Å². The maximum Gasteiger partial charge on any atom is 0.193 e. The van der Waals surface area contributed by atoms with Crippen molar-refractivity contribution in [1.29, 1.82) is 0 Å². The van der Waals surface area contributed by atoms with Crippen LogP contribution in [0.4, 0.5) is 0 Å². The van der Waals surface area contributed by atoms with E-state index in [-0.39, 0.29) is 0 Å². The molecule has 2 aromatic rings. The van der Waals surface area contributed by atoms with Crippen LogP contribution in [0.1, 0.15) is 23.1 Å². The van der Waals surface area contributed by atoms with E-state index in [4.69, 9.17) is 0 Å². The van der Waals surface area contributed by atoms with Crippen molar-refractivity contribution in [3.05, 3.63) is 66.3 Å². The van der Waals surface area contributed by atoms with E-state index in [2.05, 4.69) is 73.3 Å². The first-order valence-electron chi connectivity index (χ1n) is 7.22. The zero-order valence-corrected chi connectivity index (χ0v) is 16.1. The molecule has 22 heavy (non-hydrogen) atoms. The van der Waals surface area contributed by atoms with Crippen LogP contribution in [-0.2, 0) is 5.72 Å². The highest BCUT2D eigenvalue weighted by Crippen LogP contribution is 2.43. The lowest BCUT2D eigenvalue weighted by Crippen LogP contribution is -2.47. The van der Waals surface area contributed by atoms with Crippen LogP contribution >= 0.6 is 45.2 Å². The molecule has 0 saturated heterocycles. The van der Waals surface area contributed by atoms with Crippen LogP contribution in [0.3, 0.4) is 0 Å². The van der Waals surface area contributed by atoms with Crippen molar-refractivity contribution in [1.82, 2.24) is 4.90 Å². The van der Waals surface area contributed by atoms with Crippen LogP contribution in [0.2, 0.25) is 0 Å². The Hall–Kier alpha value is -0.670. The van der Waals surface area contributed by atoms with Crippen LogP contribution in [0.5, 0.6) is 0 Å². The number of fused-ring (bicyclic) bond motifs is 3. The molecule has 2 aliphatic heterocycles. The van der Waals surface area contributed by atoms with E-state index < -0.39 is 5.72 Å². The summed E-state index contributed by atoms with van der Waals surface area (Å²) in [7, 11) is 0. The zero-order chi connectivity index (χ0) is 15.3. The second-order valence-electron chi connectivity index (χ2n) is 5.56. The molecule has 4 rings (SSSR count). The molecular formula is C17H14I2N2O. The normalized spacial score (nSPS) is 23.0. The summed E-state index contributed by atoms with van der Waals surface area (Å²) in [5, 5.41) is 11.7. The highest BCUT2D eigenvalue weighted by Gasteiger charge is 2.48. The second-order valence-corrected chi connectivity index (χ2v) is 7.88. The van der Waals surface area contributed by atoms with Crippen LogP contribution in [0.15, 0.2) is 47.5 Å². The lowest BCUT2D eigenvalue weighted by Gasteiger charge is -2.37.